The van der Waals surface area contributed by atoms with Crippen molar-refractivity contribution >= 4 is 17.6 Å². The normalized spacial score (nSPS) is 25.7. The van der Waals surface area contributed by atoms with Crippen molar-refractivity contribution in [1.29, 1.82) is 0 Å². The van der Waals surface area contributed by atoms with Crippen molar-refractivity contribution in [2.45, 2.75) is 38.5 Å². The van der Waals surface area contributed by atoms with Gasteiger partial charge in [0.2, 0.25) is 0 Å². The number of nitrogens with zero attached hydrogens (tertiary/aromatic N) is 3. The van der Waals surface area contributed by atoms with Crippen LogP contribution in [-0.2, 0) is 9.47 Å². The summed E-state index contributed by atoms with van der Waals surface area (Å²) in [4.78, 5) is 8.71. The average molecular weight is 311 g/mol. The number of hydrogen-bond donors (Lipinski definition) is 0. The SMILES string of the molecule is C=C1N=C(N(C)C(C)C)C=CN1[C@H]1CS[C@@H](COCC)O1. The van der Waals surface area contributed by atoms with Crippen LogP contribution in [0.2, 0.25) is 0 Å². The molecule has 0 aliphatic carbocycles. The molecule has 0 bridgehead atoms. The van der Waals surface area contributed by atoms with E-state index < -0.39 is 0 Å². The first kappa shape index (κ1) is 16.4. The second-order valence-corrected chi connectivity index (χ2v) is 6.52. The molecule has 2 rings (SSSR count). The van der Waals surface area contributed by atoms with Gasteiger partial charge >= 0.3 is 0 Å². The van der Waals surface area contributed by atoms with Crippen LogP contribution in [0, 0.1) is 0 Å². The minimum absolute atomic E-state index is 0.0149. The number of thioether (sulfide) groups is 1. The topological polar surface area (TPSA) is 37.3 Å². The van der Waals surface area contributed by atoms with Crippen LogP contribution in [0.3, 0.4) is 0 Å². The zero-order valence-electron chi connectivity index (χ0n) is 13.3. The molecule has 1 fully saturated rings. The third-order valence-corrected chi connectivity index (χ3v) is 4.66. The van der Waals surface area contributed by atoms with Crippen molar-refractivity contribution < 1.29 is 9.47 Å². The molecule has 0 amide bonds. The second-order valence-electron chi connectivity index (χ2n) is 5.33. The summed E-state index contributed by atoms with van der Waals surface area (Å²) in [6.07, 6.45) is 4.01. The molecule has 21 heavy (non-hydrogen) atoms. The van der Waals surface area contributed by atoms with Crippen molar-refractivity contribution in [3.63, 3.8) is 0 Å². The van der Waals surface area contributed by atoms with Gasteiger partial charge in [0.05, 0.1) is 6.61 Å². The Morgan fingerprint density at radius 1 is 1.62 bits per heavy atom. The smallest absolute Gasteiger partial charge is 0.145 e. The molecule has 5 nitrogen and oxygen atoms in total. The highest BCUT2D eigenvalue weighted by Gasteiger charge is 2.31. The Labute approximate surface area is 131 Å². The van der Waals surface area contributed by atoms with Gasteiger partial charge in [-0.15, -0.1) is 11.8 Å². The molecule has 0 aromatic heterocycles. The number of likely N-dealkylation sites (N-methyl/N-ethyl adjacent to an activating group) is 1. The molecule has 0 N–H and O–H groups in total. The third kappa shape index (κ3) is 4.02. The van der Waals surface area contributed by atoms with Crippen LogP contribution in [0.5, 0.6) is 0 Å². The van der Waals surface area contributed by atoms with Crippen molar-refractivity contribution in [2.75, 3.05) is 26.0 Å². The van der Waals surface area contributed by atoms with Crippen LogP contribution < -0.4 is 0 Å². The van der Waals surface area contributed by atoms with Gasteiger partial charge in [-0.2, -0.15) is 0 Å². The summed E-state index contributed by atoms with van der Waals surface area (Å²) in [5.74, 6) is 2.55. The van der Waals surface area contributed by atoms with Gasteiger partial charge in [0, 0.05) is 31.6 Å². The fraction of sp³-hybridized carbons (Fsp3) is 0.667. The van der Waals surface area contributed by atoms with Gasteiger partial charge in [-0.1, -0.05) is 6.58 Å². The number of hydrogen-bond acceptors (Lipinski definition) is 6. The van der Waals surface area contributed by atoms with Gasteiger partial charge in [0.15, 0.2) is 0 Å². The maximum atomic E-state index is 5.99. The first-order valence-corrected chi connectivity index (χ1v) is 8.39. The largest absolute Gasteiger partial charge is 0.378 e. The Morgan fingerprint density at radius 3 is 3.00 bits per heavy atom. The van der Waals surface area contributed by atoms with Crippen LogP contribution in [-0.4, -0.2) is 59.4 Å². The third-order valence-electron chi connectivity index (χ3n) is 3.56. The van der Waals surface area contributed by atoms with Gasteiger partial charge in [-0.25, -0.2) is 4.99 Å². The molecule has 0 unspecified atom stereocenters. The summed E-state index contributed by atoms with van der Waals surface area (Å²) >= 11 is 1.78. The van der Waals surface area contributed by atoms with Crippen molar-refractivity contribution in [1.82, 2.24) is 9.80 Å². The van der Waals surface area contributed by atoms with Gasteiger partial charge < -0.3 is 19.3 Å². The number of amidine groups is 1. The Kier molecular flexibility index (Phi) is 5.72. The van der Waals surface area contributed by atoms with E-state index in [4.69, 9.17) is 9.47 Å². The Balaban J connectivity index is 1.93. The van der Waals surface area contributed by atoms with Crippen LogP contribution in [0.15, 0.2) is 29.7 Å². The Morgan fingerprint density at radius 2 is 2.38 bits per heavy atom. The average Bonchev–Trinajstić information content (AvgIpc) is 2.92. The highest BCUT2D eigenvalue weighted by molar-refractivity contribution is 8.00. The van der Waals surface area contributed by atoms with Crippen LogP contribution in [0.4, 0.5) is 0 Å². The summed E-state index contributed by atoms with van der Waals surface area (Å²) in [6, 6.07) is 0.404. The first-order chi connectivity index (χ1) is 10.0. The van der Waals surface area contributed by atoms with Crippen molar-refractivity contribution in [2.24, 2.45) is 4.99 Å². The standard InChI is InChI=1S/C15H25N3O2S/c1-6-19-9-15-20-14(10-21-15)18-8-7-13(16-12(18)4)17(5)11(2)3/h7-8,11,14-15H,4,6,9-10H2,1-3,5H3/t14-,15+/m1/s1. The summed E-state index contributed by atoms with van der Waals surface area (Å²) in [6.45, 7) is 11.7. The predicted molar refractivity (Wildman–Crippen MR) is 88.1 cm³/mol. The molecular formula is C15H25N3O2S. The Bertz CT molecular complexity index is 437. The molecule has 2 heterocycles. The van der Waals surface area contributed by atoms with Crippen molar-refractivity contribution in [3.05, 3.63) is 24.7 Å². The quantitative estimate of drug-likeness (QED) is 0.780. The monoisotopic (exact) mass is 311 g/mol. The zero-order chi connectivity index (χ0) is 15.4. The van der Waals surface area contributed by atoms with Gasteiger partial charge in [0.25, 0.3) is 0 Å². The lowest BCUT2D eigenvalue weighted by molar-refractivity contribution is -0.0370. The lowest BCUT2D eigenvalue weighted by atomic mass is 10.3. The highest BCUT2D eigenvalue weighted by Crippen LogP contribution is 2.30. The lowest BCUT2D eigenvalue weighted by Gasteiger charge is -2.32. The fourth-order valence-electron chi connectivity index (χ4n) is 2.07. The van der Waals surface area contributed by atoms with Crippen LogP contribution >= 0.6 is 11.8 Å². The van der Waals surface area contributed by atoms with E-state index in [1.807, 2.05) is 31.1 Å². The number of aliphatic imine (C=N–C) groups is 1. The molecule has 1 saturated heterocycles. The summed E-state index contributed by atoms with van der Waals surface area (Å²) in [5, 5.41) is 0. The van der Waals surface area contributed by atoms with E-state index in [9.17, 15) is 0 Å². The molecule has 2 aliphatic heterocycles. The van der Waals surface area contributed by atoms with Gasteiger partial charge in [-0.05, 0) is 26.8 Å². The maximum absolute atomic E-state index is 5.99. The molecular weight excluding hydrogens is 286 g/mol. The Hall–Kier alpha value is -0.980. The maximum Gasteiger partial charge on any atom is 0.145 e. The van der Waals surface area contributed by atoms with Gasteiger partial charge in [0.1, 0.15) is 23.3 Å². The highest BCUT2D eigenvalue weighted by atomic mass is 32.2. The minimum atomic E-state index is -0.0149. The second kappa shape index (κ2) is 7.33. The molecule has 2 aliphatic rings. The van der Waals surface area contributed by atoms with Crippen molar-refractivity contribution in [3.8, 4) is 0 Å². The van der Waals surface area contributed by atoms with E-state index in [1.165, 1.54) is 0 Å². The summed E-state index contributed by atoms with van der Waals surface area (Å²) in [7, 11) is 2.04. The van der Waals surface area contributed by atoms with Crippen LogP contribution in [0.1, 0.15) is 20.8 Å². The first-order valence-electron chi connectivity index (χ1n) is 7.34. The molecule has 0 radical (unpaired) electrons. The molecule has 0 spiro atoms. The molecule has 0 aromatic rings. The molecule has 118 valence electrons. The van der Waals surface area contributed by atoms with E-state index in [-0.39, 0.29) is 11.7 Å². The fourth-order valence-corrected chi connectivity index (χ4v) is 3.09. The zero-order valence-corrected chi connectivity index (χ0v) is 14.1. The van der Waals surface area contributed by atoms with E-state index in [2.05, 4.69) is 30.3 Å². The predicted octanol–water partition coefficient (Wildman–Crippen LogP) is 2.48. The van der Waals surface area contributed by atoms with E-state index in [0.29, 0.717) is 12.6 Å². The lowest BCUT2D eigenvalue weighted by Crippen LogP contribution is -2.38. The molecule has 0 aromatic carbocycles. The minimum Gasteiger partial charge on any atom is -0.378 e. The molecule has 0 saturated carbocycles. The van der Waals surface area contributed by atoms with E-state index >= 15 is 0 Å². The number of rotatable bonds is 5. The van der Waals surface area contributed by atoms with E-state index in [1.54, 1.807) is 11.8 Å². The van der Waals surface area contributed by atoms with E-state index in [0.717, 1.165) is 24.0 Å². The molecule has 6 heteroatoms. The van der Waals surface area contributed by atoms with Gasteiger partial charge in [-0.3, -0.25) is 0 Å². The summed E-state index contributed by atoms with van der Waals surface area (Å²) < 4.78 is 11.4. The summed E-state index contributed by atoms with van der Waals surface area (Å²) in [5.41, 5.74) is 0.0971. The van der Waals surface area contributed by atoms with Crippen LogP contribution in [0.25, 0.3) is 0 Å². The molecule has 2 atom stereocenters. The number of ether oxygens (including phenoxy) is 2.